The molecular formula is C16H22ClFO. The van der Waals surface area contributed by atoms with Crippen molar-refractivity contribution in [2.24, 2.45) is 11.8 Å². The molecule has 19 heavy (non-hydrogen) atoms. The van der Waals surface area contributed by atoms with Gasteiger partial charge in [-0.1, -0.05) is 37.9 Å². The maximum atomic E-state index is 14.0. The number of aliphatic hydroxyl groups is 1. The van der Waals surface area contributed by atoms with Gasteiger partial charge in [-0.2, -0.15) is 0 Å². The SMILES string of the molecule is CC(C)CC1CCCC(O)(c2ccc(Cl)cc2F)C1. The highest BCUT2D eigenvalue weighted by Crippen LogP contribution is 2.43. The molecule has 1 aromatic carbocycles. The van der Waals surface area contributed by atoms with Crippen LogP contribution in [0.3, 0.4) is 0 Å². The van der Waals surface area contributed by atoms with Crippen LogP contribution >= 0.6 is 11.6 Å². The molecule has 3 heteroatoms. The molecule has 0 amide bonds. The monoisotopic (exact) mass is 284 g/mol. The molecule has 1 N–H and O–H groups in total. The van der Waals surface area contributed by atoms with Gasteiger partial charge < -0.3 is 5.11 Å². The fourth-order valence-electron chi connectivity index (χ4n) is 3.34. The van der Waals surface area contributed by atoms with Crippen molar-refractivity contribution in [1.29, 1.82) is 0 Å². The second-order valence-electron chi connectivity index (χ2n) is 6.25. The molecule has 0 aliphatic heterocycles. The van der Waals surface area contributed by atoms with Crippen LogP contribution in [0.2, 0.25) is 5.02 Å². The molecule has 0 spiro atoms. The summed E-state index contributed by atoms with van der Waals surface area (Å²) in [4.78, 5) is 0. The standard InChI is InChI=1S/C16H22ClFO/c1-11(2)8-12-4-3-7-16(19,10-12)14-6-5-13(17)9-15(14)18/h5-6,9,11-12,19H,3-4,7-8,10H2,1-2H3. The van der Waals surface area contributed by atoms with Gasteiger partial charge in [0.15, 0.2) is 0 Å². The second-order valence-corrected chi connectivity index (χ2v) is 6.68. The molecule has 2 rings (SSSR count). The van der Waals surface area contributed by atoms with Gasteiger partial charge in [-0.05, 0) is 49.7 Å². The largest absolute Gasteiger partial charge is 0.385 e. The number of benzene rings is 1. The molecule has 106 valence electrons. The minimum atomic E-state index is -1.02. The highest BCUT2D eigenvalue weighted by atomic mass is 35.5. The van der Waals surface area contributed by atoms with Crippen molar-refractivity contribution < 1.29 is 9.50 Å². The van der Waals surface area contributed by atoms with Crippen LogP contribution in [0.5, 0.6) is 0 Å². The third-order valence-electron chi connectivity index (χ3n) is 4.07. The summed E-state index contributed by atoms with van der Waals surface area (Å²) in [5.74, 6) is 0.705. The summed E-state index contributed by atoms with van der Waals surface area (Å²) in [5, 5.41) is 11.2. The second kappa shape index (κ2) is 5.80. The predicted molar refractivity (Wildman–Crippen MR) is 76.7 cm³/mol. The zero-order valence-corrected chi connectivity index (χ0v) is 12.4. The Bertz CT molecular complexity index is 446. The van der Waals surface area contributed by atoms with E-state index in [1.54, 1.807) is 12.1 Å². The lowest BCUT2D eigenvalue weighted by Gasteiger charge is -2.38. The molecular weight excluding hydrogens is 263 g/mol. The first-order chi connectivity index (χ1) is 8.90. The summed E-state index contributed by atoms with van der Waals surface area (Å²) in [6, 6.07) is 4.58. The van der Waals surface area contributed by atoms with Crippen LogP contribution < -0.4 is 0 Å². The quantitative estimate of drug-likeness (QED) is 0.837. The minimum absolute atomic E-state index is 0.374. The van der Waals surface area contributed by atoms with Crippen molar-refractivity contribution in [3.05, 3.63) is 34.6 Å². The number of rotatable bonds is 3. The number of hydrogen-bond acceptors (Lipinski definition) is 1. The normalized spacial score (nSPS) is 27.8. The third kappa shape index (κ3) is 3.49. The molecule has 0 radical (unpaired) electrons. The van der Waals surface area contributed by atoms with Gasteiger partial charge in [0, 0.05) is 10.6 Å². The van der Waals surface area contributed by atoms with Crippen molar-refractivity contribution >= 4 is 11.6 Å². The summed E-state index contributed by atoms with van der Waals surface area (Å²) in [5.41, 5.74) is -0.614. The molecule has 1 aliphatic rings. The van der Waals surface area contributed by atoms with E-state index in [1.165, 1.54) is 6.07 Å². The van der Waals surface area contributed by atoms with E-state index in [-0.39, 0.29) is 5.82 Å². The molecule has 2 unspecified atom stereocenters. The van der Waals surface area contributed by atoms with E-state index in [0.29, 0.717) is 35.3 Å². The molecule has 0 aromatic heterocycles. The Morgan fingerprint density at radius 2 is 2.21 bits per heavy atom. The van der Waals surface area contributed by atoms with Gasteiger partial charge in [-0.25, -0.2) is 4.39 Å². The van der Waals surface area contributed by atoms with Gasteiger partial charge >= 0.3 is 0 Å². The van der Waals surface area contributed by atoms with E-state index in [9.17, 15) is 9.50 Å². The van der Waals surface area contributed by atoms with Crippen LogP contribution in [-0.4, -0.2) is 5.11 Å². The zero-order valence-electron chi connectivity index (χ0n) is 11.6. The third-order valence-corrected chi connectivity index (χ3v) is 4.30. The molecule has 1 fully saturated rings. The molecule has 0 saturated heterocycles. The van der Waals surface area contributed by atoms with Crippen molar-refractivity contribution in [3.8, 4) is 0 Å². The van der Waals surface area contributed by atoms with Crippen molar-refractivity contribution in [2.75, 3.05) is 0 Å². The lowest BCUT2D eigenvalue weighted by atomic mass is 9.72. The molecule has 1 aliphatic carbocycles. The maximum Gasteiger partial charge on any atom is 0.130 e. The van der Waals surface area contributed by atoms with E-state index in [2.05, 4.69) is 13.8 Å². The average molecular weight is 285 g/mol. The Hall–Kier alpha value is -0.600. The fourth-order valence-corrected chi connectivity index (χ4v) is 3.50. The Balaban J connectivity index is 2.21. The first-order valence-electron chi connectivity index (χ1n) is 7.08. The van der Waals surface area contributed by atoms with Crippen molar-refractivity contribution in [3.63, 3.8) is 0 Å². The summed E-state index contributed by atoms with van der Waals surface area (Å²) < 4.78 is 14.0. The summed E-state index contributed by atoms with van der Waals surface area (Å²) in [6.45, 7) is 4.38. The number of hydrogen-bond donors (Lipinski definition) is 1. The number of halogens is 2. The van der Waals surface area contributed by atoms with Crippen molar-refractivity contribution in [1.82, 2.24) is 0 Å². The maximum absolute atomic E-state index is 14.0. The molecule has 2 atom stereocenters. The topological polar surface area (TPSA) is 20.2 Å². The van der Waals surface area contributed by atoms with Crippen LogP contribution in [0.15, 0.2) is 18.2 Å². The van der Waals surface area contributed by atoms with Crippen LogP contribution in [-0.2, 0) is 5.60 Å². The molecule has 0 bridgehead atoms. The van der Waals surface area contributed by atoms with Gasteiger partial charge in [0.05, 0.1) is 5.60 Å². The van der Waals surface area contributed by atoms with Gasteiger partial charge in [-0.3, -0.25) is 0 Å². The van der Waals surface area contributed by atoms with Crippen LogP contribution in [0.25, 0.3) is 0 Å². The smallest absolute Gasteiger partial charge is 0.130 e. The Morgan fingerprint density at radius 1 is 1.47 bits per heavy atom. The van der Waals surface area contributed by atoms with E-state index < -0.39 is 5.60 Å². The van der Waals surface area contributed by atoms with Crippen molar-refractivity contribution in [2.45, 2.75) is 51.6 Å². The predicted octanol–water partition coefficient (Wildman–Crippen LogP) is 4.90. The highest BCUT2D eigenvalue weighted by Gasteiger charge is 2.37. The van der Waals surface area contributed by atoms with Crippen LogP contribution in [0.4, 0.5) is 4.39 Å². The Morgan fingerprint density at radius 3 is 2.84 bits per heavy atom. The first-order valence-corrected chi connectivity index (χ1v) is 7.46. The molecule has 1 saturated carbocycles. The minimum Gasteiger partial charge on any atom is -0.385 e. The first kappa shape index (κ1) is 14.8. The molecule has 1 aromatic rings. The lowest BCUT2D eigenvalue weighted by Crippen LogP contribution is -2.34. The van der Waals surface area contributed by atoms with Gasteiger partial charge in [-0.15, -0.1) is 0 Å². The van der Waals surface area contributed by atoms with E-state index in [4.69, 9.17) is 11.6 Å². The van der Waals surface area contributed by atoms with Crippen LogP contribution in [0, 0.1) is 17.7 Å². The molecule has 0 heterocycles. The molecule has 1 nitrogen and oxygen atoms in total. The summed E-state index contributed by atoms with van der Waals surface area (Å²) in [7, 11) is 0. The van der Waals surface area contributed by atoms with Crippen LogP contribution in [0.1, 0.15) is 51.5 Å². The van der Waals surface area contributed by atoms with Gasteiger partial charge in [0.2, 0.25) is 0 Å². The Kier molecular flexibility index (Phi) is 4.52. The summed E-state index contributed by atoms with van der Waals surface area (Å²) in [6.07, 6.45) is 4.48. The fraction of sp³-hybridized carbons (Fsp3) is 0.625. The zero-order chi connectivity index (χ0) is 14.0. The van der Waals surface area contributed by atoms with E-state index in [0.717, 1.165) is 19.3 Å². The van der Waals surface area contributed by atoms with Gasteiger partial charge in [0.25, 0.3) is 0 Å². The van der Waals surface area contributed by atoms with E-state index >= 15 is 0 Å². The lowest BCUT2D eigenvalue weighted by molar-refractivity contribution is -0.0271. The Labute approximate surface area is 119 Å². The highest BCUT2D eigenvalue weighted by molar-refractivity contribution is 6.30. The average Bonchev–Trinajstić information content (AvgIpc) is 2.27. The summed E-state index contributed by atoms with van der Waals surface area (Å²) >= 11 is 5.78. The van der Waals surface area contributed by atoms with Gasteiger partial charge in [0.1, 0.15) is 5.82 Å². The van der Waals surface area contributed by atoms with E-state index in [1.807, 2.05) is 0 Å².